The maximum Gasteiger partial charge on any atom is 0.214 e. The van der Waals surface area contributed by atoms with Crippen LogP contribution >= 0.6 is 0 Å². The summed E-state index contributed by atoms with van der Waals surface area (Å²) in [7, 11) is -3.09. The van der Waals surface area contributed by atoms with E-state index in [0.717, 1.165) is 17.1 Å². The summed E-state index contributed by atoms with van der Waals surface area (Å²) >= 11 is 0. The summed E-state index contributed by atoms with van der Waals surface area (Å²) in [5, 5.41) is 6.59. The van der Waals surface area contributed by atoms with E-state index in [1.54, 1.807) is 0 Å². The summed E-state index contributed by atoms with van der Waals surface area (Å²) < 4.78 is 36.7. The van der Waals surface area contributed by atoms with Crippen LogP contribution in [0.2, 0.25) is 0 Å². The molecular formula is C20H34N4O4S. The Hall–Kier alpha value is -2.00. The number of benzene rings is 1. The number of nitrogens with zero attached hydrogens (tertiary/aromatic N) is 2. The quantitative estimate of drug-likeness (QED) is 0.440. The smallest absolute Gasteiger partial charge is 0.214 e. The van der Waals surface area contributed by atoms with Crippen molar-refractivity contribution in [2.75, 3.05) is 45.1 Å². The van der Waals surface area contributed by atoms with Gasteiger partial charge in [0.1, 0.15) is 0 Å². The van der Waals surface area contributed by atoms with Gasteiger partial charge in [0.2, 0.25) is 10.0 Å². The maximum atomic E-state index is 11.9. The van der Waals surface area contributed by atoms with Crippen molar-refractivity contribution in [2.45, 2.75) is 40.2 Å². The molecule has 8 nitrogen and oxygen atoms in total. The van der Waals surface area contributed by atoms with Gasteiger partial charge in [0.05, 0.1) is 31.6 Å². The number of hydrogen-bond donors (Lipinski definition) is 2. The Morgan fingerprint density at radius 2 is 1.93 bits per heavy atom. The van der Waals surface area contributed by atoms with Crippen LogP contribution in [-0.4, -0.2) is 63.8 Å². The second-order valence-electron chi connectivity index (χ2n) is 6.77. The lowest BCUT2D eigenvalue weighted by molar-refractivity contribution is 0.287. The summed E-state index contributed by atoms with van der Waals surface area (Å²) in [5.41, 5.74) is 1.05. The molecule has 0 radical (unpaired) electrons. The molecule has 1 aliphatic heterocycles. The molecule has 29 heavy (non-hydrogen) atoms. The predicted octanol–water partition coefficient (Wildman–Crippen LogP) is 2.14. The lowest BCUT2D eigenvalue weighted by atomic mass is 10.1. The first-order valence-electron chi connectivity index (χ1n) is 10.3. The average Bonchev–Trinajstić information content (AvgIpc) is 3.02. The zero-order chi connectivity index (χ0) is 21.3. The number of ether oxygens (including phenoxy) is 2. The molecule has 0 aliphatic carbocycles. The SMILES string of the molecule is CCNC(=NCCN1CCCS1(=O)=O)NC(C)c1ccc(OCC)c(OCC)c1. The van der Waals surface area contributed by atoms with Crippen LogP contribution in [0.15, 0.2) is 23.2 Å². The molecule has 2 rings (SSSR count). The van der Waals surface area contributed by atoms with Crippen molar-refractivity contribution in [1.82, 2.24) is 14.9 Å². The highest BCUT2D eigenvalue weighted by Crippen LogP contribution is 2.30. The van der Waals surface area contributed by atoms with Crippen LogP contribution in [0.3, 0.4) is 0 Å². The third-order valence-corrected chi connectivity index (χ3v) is 6.54. The monoisotopic (exact) mass is 426 g/mol. The molecule has 2 N–H and O–H groups in total. The largest absolute Gasteiger partial charge is 0.490 e. The molecule has 1 aromatic carbocycles. The van der Waals surface area contributed by atoms with Gasteiger partial charge in [-0.25, -0.2) is 12.7 Å². The number of hydrogen-bond acceptors (Lipinski definition) is 5. The van der Waals surface area contributed by atoms with Gasteiger partial charge >= 0.3 is 0 Å². The van der Waals surface area contributed by atoms with E-state index < -0.39 is 10.0 Å². The van der Waals surface area contributed by atoms with Gasteiger partial charge in [0.15, 0.2) is 17.5 Å². The topological polar surface area (TPSA) is 92.3 Å². The van der Waals surface area contributed by atoms with Gasteiger partial charge in [0.25, 0.3) is 0 Å². The fraction of sp³-hybridized carbons (Fsp3) is 0.650. The second kappa shape index (κ2) is 11.3. The minimum atomic E-state index is -3.09. The summed E-state index contributed by atoms with van der Waals surface area (Å²) in [5.74, 6) is 2.36. The molecule has 1 saturated heterocycles. The van der Waals surface area contributed by atoms with Gasteiger partial charge in [0, 0.05) is 19.6 Å². The highest BCUT2D eigenvalue weighted by atomic mass is 32.2. The van der Waals surface area contributed by atoms with E-state index in [1.165, 1.54) is 4.31 Å². The van der Waals surface area contributed by atoms with E-state index >= 15 is 0 Å². The van der Waals surface area contributed by atoms with E-state index in [0.29, 0.717) is 51.8 Å². The van der Waals surface area contributed by atoms with Gasteiger partial charge in [-0.1, -0.05) is 6.07 Å². The van der Waals surface area contributed by atoms with Crippen LogP contribution in [0.1, 0.15) is 45.7 Å². The Kier molecular flexibility index (Phi) is 9.03. The molecule has 0 amide bonds. The molecule has 1 fully saturated rings. The molecule has 1 heterocycles. The molecule has 9 heteroatoms. The standard InChI is InChI=1S/C20H34N4O4S/c1-5-21-20(22-11-13-24-12-8-14-29(24,25)26)23-16(4)17-9-10-18(27-6-2)19(15-17)28-7-3/h9-10,15-16H,5-8,11-14H2,1-4H3,(H2,21,22,23). The van der Waals surface area contributed by atoms with Crippen LogP contribution in [0.25, 0.3) is 0 Å². The molecule has 1 unspecified atom stereocenters. The highest BCUT2D eigenvalue weighted by molar-refractivity contribution is 7.89. The van der Waals surface area contributed by atoms with Crippen molar-refractivity contribution in [3.05, 3.63) is 23.8 Å². The number of sulfonamides is 1. The van der Waals surface area contributed by atoms with Crippen molar-refractivity contribution in [3.63, 3.8) is 0 Å². The van der Waals surface area contributed by atoms with Gasteiger partial charge < -0.3 is 20.1 Å². The van der Waals surface area contributed by atoms with Crippen molar-refractivity contribution in [1.29, 1.82) is 0 Å². The second-order valence-corrected chi connectivity index (χ2v) is 8.86. The van der Waals surface area contributed by atoms with Crippen molar-refractivity contribution < 1.29 is 17.9 Å². The van der Waals surface area contributed by atoms with Gasteiger partial charge in [-0.05, 0) is 51.8 Å². The van der Waals surface area contributed by atoms with Gasteiger partial charge in [-0.2, -0.15) is 0 Å². The van der Waals surface area contributed by atoms with Gasteiger partial charge in [-0.15, -0.1) is 0 Å². The number of rotatable bonds is 10. The van der Waals surface area contributed by atoms with Gasteiger partial charge in [-0.3, -0.25) is 4.99 Å². The summed E-state index contributed by atoms with van der Waals surface area (Å²) in [6, 6.07) is 5.89. The first-order chi connectivity index (χ1) is 13.9. The minimum absolute atomic E-state index is 0.0156. The molecule has 0 bridgehead atoms. The third-order valence-electron chi connectivity index (χ3n) is 4.59. The normalized spacial score (nSPS) is 17.7. The Labute approximate surface area is 174 Å². The van der Waals surface area contributed by atoms with Crippen LogP contribution < -0.4 is 20.1 Å². The van der Waals surface area contributed by atoms with Crippen LogP contribution in [-0.2, 0) is 10.0 Å². The molecule has 0 spiro atoms. The predicted molar refractivity (Wildman–Crippen MR) is 116 cm³/mol. The Bertz CT molecular complexity index is 783. The molecule has 1 aromatic rings. The Morgan fingerprint density at radius 1 is 1.21 bits per heavy atom. The average molecular weight is 427 g/mol. The number of aliphatic imine (C=N–C) groups is 1. The van der Waals surface area contributed by atoms with Crippen molar-refractivity contribution in [2.24, 2.45) is 4.99 Å². The van der Waals surface area contributed by atoms with Crippen LogP contribution in [0.4, 0.5) is 0 Å². The van der Waals surface area contributed by atoms with Crippen molar-refractivity contribution in [3.8, 4) is 11.5 Å². The molecule has 1 atom stereocenters. The number of nitrogens with one attached hydrogen (secondary N) is 2. The Morgan fingerprint density at radius 3 is 2.55 bits per heavy atom. The molecule has 0 saturated carbocycles. The Balaban J connectivity index is 2.04. The minimum Gasteiger partial charge on any atom is -0.490 e. The maximum absolute atomic E-state index is 11.9. The molecule has 1 aliphatic rings. The lowest BCUT2D eigenvalue weighted by Crippen LogP contribution is -2.39. The summed E-state index contributed by atoms with van der Waals surface area (Å²) in [4.78, 5) is 4.55. The fourth-order valence-corrected chi connectivity index (χ4v) is 4.68. The molecule has 164 valence electrons. The van der Waals surface area contributed by atoms with E-state index in [4.69, 9.17) is 9.47 Å². The fourth-order valence-electron chi connectivity index (χ4n) is 3.16. The van der Waals surface area contributed by atoms with E-state index in [-0.39, 0.29) is 11.8 Å². The zero-order valence-corrected chi connectivity index (χ0v) is 18.7. The van der Waals surface area contributed by atoms with Crippen LogP contribution in [0, 0.1) is 0 Å². The lowest BCUT2D eigenvalue weighted by Gasteiger charge is -2.20. The third kappa shape index (κ3) is 6.78. The first kappa shape index (κ1) is 23.3. The number of guanidine groups is 1. The van der Waals surface area contributed by atoms with Crippen molar-refractivity contribution >= 4 is 16.0 Å². The van der Waals surface area contributed by atoms with E-state index in [1.807, 2.05) is 45.9 Å². The molecular weight excluding hydrogens is 392 g/mol. The zero-order valence-electron chi connectivity index (χ0n) is 17.9. The van der Waals surface area contributed by atoms with Crippen LogP contribution in [0.5, 0.6) is 11.5 Å². The highest BCUT2D eigenvalue weighted by Gasteiger charge is 2.27. The van der Waals surface area contributed by atoms with E-state index in [2.05, 4.69) is 15.6 Å². The molecule has 0 aromatic heterocycles. The summed E-state index contributed by atoms with van der Waals surface area (Å²) in [6.07, 6.45) is 0.696. The first-order valence-corrected chi connectivity index (χ1v) is 11.9. The summed E-state index contributed by atoms with van der Waals surface area (Å²) in [6.45, 7) is 11.2. The van der Waals surface area contributed by atoms with E-state index in [9.17, 15) is 8.42 Å².